The molecule has 0 bridgehead atoms. The first-order valence-electron chi connectivity index (χ1n) is 6.48. The maximum atomic E-state index is 11.5. The Bertz CT molecular complexity index is 688. The lowest BCUT2D eigenvalue weighted by atomic mass is 10.1. The predicted molar refractivity (Wildman–Crippen MR) is 83.8 cm³/mol. The molecule has 0 radical (unpaired) electrons. The summed E-state index contributed by atoms with van der Waals surface area (Å²) in [5.74, 6) is 0.982. The van der Waals surface area contributed by atoms with Crippen LogP contribution < -0.4 is 19.9 Å². The van der Waals surface area contributed by atoms with Crippen LogP contribution in [0.4, 0.5) is 0 Å². The number of carbonyl (C=O) groups is 1. The first-order valence-corrected chi connectivity index (χ1v) is 6.86. The van der Waals surface area contributed by atoms with Gasteiger partial charge in [0.05, 0.1) is 19.8 Å². The topological polar surface area (TPSA) is 70.8 Å². The van der Waals surface area contributed by atoms with Gasteiger partial charge >= 0.3 is 0 Å². The summed E-state index contributed by atoms with van der Waals surface area (Å²) in [5, 5.41) is 0.570. The van der Waals surface area contributed by atoms with Gasteiger partial charge in [-0.15, -0.1) is 0 Å². The molecule has 2 N–H and O–H groups in total. The molecule has 0 aliphatic heterocycles. The molecule has 0 unspecified atom stereocenters. The fourth-order valence-corrected chi connectivity index (χ4v) is 2.16. The number of hydrogen-bond acceptors (Lipinski definition) is 4. The molecule has 0 aliphatic carbocycles. The molecule has 0 spiro atoms. The second-order valence-electron chi connectivity index (χ2n) is 4.47. The molecule has 116 valence electrons. The van der Waals surface area contributed by atoms with Crippen molar-refractivity contribution in [2.45, 2.75) is 6.61 Å². The van der Waals surface area contributed by atoms with E-state index in [4.69, 9.17) is 31.5 Å². The first kappa shape index (κ1) is 16.0. The van der Waals surface area contributed by atoms with Crippen molar-refractivity contribution in [1.29, 1.82) is 0 Å². The molecule has 0 heterocycles. The Kier molecular flexibility index (Phi) is 5.12. The third kappa shape index (κ3) is 3.62. The molecule has 6 heteroatoms. The van der Waals surface area contributed by atoms with E-state index in [1.54, 1.807) is 43.5 Å². The average molecular weight is 322 g/mol. The molecule has 0 fully saturated rings. The van der Waals surface area contributed by atoms with Gasteiger partial charge in [0.1, 0.15) is 23.9 Å². The Hall–Kier alpha value is -2.40. The van der Waals surface area contributed by atoms with Crippen molar-refractivity contribution in [3.63, 3.8) is 0 Å². The van der Waals surface area contributed by atoms with Gasteiger partial charge in [0.2, 0.25) is 0 Å². The molecule has 1 amide bonds. The monoisotopic (exact) mass is 321 g/mol. The minimum Gasteiger partial charge on any atom is -0.497 e. The van der Waals surface area contributed by atoms with E-state index in [0.29, 0.717) is 22.3 Å². The van der Waals surface area contributed by atoms with Crippen LogP contribution in [0.15, 0.2) is 36.4 Å². The van der Waals surface area contributed by atoms with Crippen LogP contribution in [0.1, 0.15) is 15.9 Å². The van der Waals surface area contributed by atoms with Gasteiger partial charge in [0.15, 0.2) is 0 Å². The number of primary amides is 1. The van der Waals surface area contributed by atoms with Crippen LogP contribution in [0.3, 0.4) is 0 Å². The Labute approximate surface area is 133 Å². The highest BCUT2D eigenvalue weighted by atomic mass is 35.5. The van der Waals surface area contributed by atoms with Crippen LogP contribution in [0.5, 0.6) is 17.2 Å². The molecule has 5 nitrogen and oxygen atoms in total. The molecular formula is C16H16ClNO4. The highest BCUT2D eigenvalue weighted by Crippen LogP contribution is 2.28. The third-order valence-corrected chi connectivity index (χ3v) is 3.31. The molecule has 0 saturated carbocycles. The van der Waals surface area contributed by atoms with E-state index in [-0.39, 0.29) is 12.2 Å². The predicted octanol–water partition coefficient (Wildman–Crippen LogP) is 3.04. The minimum atomic E-state index is -0.573. The minimum absolute atomic E-state index is 0.178. The maximum Gasteiger partial charge on any atom is 0.252 e. The standard InChI is InChI=1S/C16H16ClNO4/c1-20-12-4-5-13(16(18)19)15(8-12)22-9-10-7-11(17)3-6-14(10)21-2/h3-8H,9H2,1-2H3,(H2,18,19). The lowest BCUT2D eigenvalue weighted by Gasteiger charge is -2.13. The number of amides is 1. The number of ether oxygens (including phenoxy) is 3. The van der Waals surface area contributed by atoms with Crippen molar-refractivity contribution in [2.75, 3.05) is 14.2 Å². The van der Waals surface area contributed by atoms with Gasteiger partial charge in [-0.05, 0) is 30.3 Å². The van der Waals surface area contributed by atoms with Crippen LogP contribution in [0.25, 0.3) is 0 Å². The molecular weight excluding hydrogens is 306 g/mol. The maximum absolute atomic E-state index is 11.5. The van der Waals surface area contributed by atoms with Gasteiger partial charge in [-0.1, -0.05) is 11.6 Å². The molecule has 2 rings (SSSR count). The van der Waals surface area contributed by atoms with Gasteiger partial charge in [0.25, 0.3) is 5.91 Å². The quantitative estimate of drug-likeness (QED) is 0.887. The summed E-state index contributed by atoms with van der Waals surface area (Å²) in [7, 11) is 3.09. The fraction of sp³-hybridized carbons (Fsp3) is 0.188. The van der Waals surface area contributed by atoms with Crippen LogP contribution in [0.2, 0.25) is 5.02 Å². The molecule has 2 aromatic rings. The number of hydrogen-bond donors (Lipinski definition) is 1. The molecule has 0 aromatic heterocycles. The van der Waals surface area contributed by atoms with Gasteiger partial charge in [-0.25, -0.2) is 0 Å². The number of benzene rings is 2. The van der Waals surface area contributed by atoms with E-state index in [2.05, 4.69) is 0 Å². The van der Waals surface area contributed by atoms with E-state index in [9.17, 15) is 4.79 Å². The second-order valence-corrected chi connectivity index (χ2v) is 4.91. The second kappa shape index (κ2) is 7.04. The van der Waals surface area contributed by atoms with Gasteiger partial charge in [-0.2, -0.15) is 0 Å². The van der Waals surface area contributed by atoms with E-state index < -0.39 is 5.91 Å². The van der Waals surface area contributed by atoms with E-state index in [1.807, 2.05) is 0 Å². The van der Waals surface area contributed by atoms with Crippen LogP contribution in [-0.2, 0) is 6.61 Å². The van der Waals surface area contributed by atoms with Crippen LogP contribution >= 0.6 is 11.6 Å². The zero-order valence-electron chi connectivity index (χ0n) is 12.3. The number of halogens is 1. The molecule has 2 aromatic carbocycles. The summed E-state index contributed by atoms with van der Waals surface area (Å²) in [6.07, 6.45) is 0. The smallest absolute Gasteiger partial charge is 0.252 e. The molecule has 0 aliphatic rings. The molecule has 0 saturated heterocycles. The lowest BCUT2D eigenvalue weighted by Crippen LogP contribution is -2.13. The average Bonchev–Trinajstić information content (AvgIpc) is 2.52. The SMILES string of the molecule is COc1ccc(C(N)=O)c(OCc2cc(Cl)ccc2OC)c1. The Balaban J connectivity index is 2.27. The number of methoxy groups -OCH3 is 2. The number of carbonyl (C=O) groups excluding carboxylic acids is 1. The zero-order valence-corrected chi connectivity index (χ0v) is 13.0. The number of rotatable bonds is 6. The summed E-state index contributed by atoms with van der Waals surface area (Å²) in [4.78, 5) is 11.5. The Morgan fingerprint density at radius 1 is 1.09 bits per heavy atom. The van der Waals surface area contributed by atoms with Crippen molar-refractivity contribution >= 4 is 17.5 Å². The van der Waals surface area contributed by atoms with Crippen molar-refractivity contribution in [3.05, 3.63) is 52.5 Å². The van der Waals surface area contributed by atoms with Gasteiger partial charge in [-0.3, -0.25) is 4.79 Å². The van der Waals surface area contributed by atoms with Crippen molar-refractivity contribution in [3.8, 4) is 17.2 Å². The van der Waals surface area contributed by atoms with E-state index in [1.165, 1.54) is 7.11 Å². The summed E-state index contributed by atoms with van der Waals surface area (Å²) in [6.45, 7) is 0.178. The highest BCUT2D eigenvalue weighted by molar-refractivity contribution is 6.30. The van der Waals surface area contributed by atoms with Gasteiger partial charge < -0.3 is 19.9 Å². The Morgan fingerprint density at radius 3 is 2.50 bits per heavy atom. The summed E-state index contributed by atoms with van der Waals surface area (Å²) in [5.41, 5.74) is 6.39. The fourth-order valence-electron chi connectivity index (χ4n) is 1.97. The zero-order chi connectivity index (χ0) is 16.1. The highest BCUT2D eigenvalue weighted by Gasteiger charge is 2.12. The van der Waals surface area contributed by atoms with Crippen LogP contribution in [-0.4, -0.2) is 20.1 Å². The third-order valence-electron chi connectivity index (χ3n) is 3.08. The first-order chi connectivity index (χ1) is 10.5. The van der Waals surface area contributed by atoms with Gasteiger partial charge in [0, 0.05) is 16.7 Å². The summed E-state index contributed by atoms with van der Waals surface area (Å²) < 4.78 is 16.1. The van der Waals surface area contributed by atoms with E-state index in [0.717, 1.165) is 5.56 Å². The number of nitrogens with two attached hydrogens (primary N) is 1. The normalized spacial score (nSPS) is 10.1. The Morgan fingerprint density at radius 2 is 1.86 bits per heavy atom. The lowest BCUT2D eigenvalue weighted by molar-refractivity contribution is 0.0996. The largest absolute Gasteiger partial charge is 0.497 e. The van der Waals surface area contributed by atoms with Crippen LogP contribution in [0, 0.1) is 0 Å². The summed E-state index contributed by atoms with van der Waals surface area (Å²) >= 11 is 5.98. The summed E-state index contributed by atoms with van der Waals surface area (Å²) in [6, 6.07) is 10.0. The van der Waals surface area contributed by atoms with Crippen molar-refractivity contribution in [2.24, 2.45) is 5.73 Å². The molecule has 22 heavy (non-hydrogen) atoms. The van der Waals surface area contributed by atoms with Crippen molar-refractivity contribution in [1.82, 2.24) is 0 Å². The van der Waals surface area contributed by atoms with Crippen molar-refractivity contribution < 1.29 is 19.0 Å². The molecule has 0 atom stereocenters. The van der Waals surface area contributed by atoms with E-state index >= 15 is 0 Å².